The fraction of sp³-hybridized carbons (Fsp3) is 0.536. The number of alkyl halides is 3. The summed E-state index contributed by atoms with van der Waals surface area (Å²) in [4.78, 5) is 18.0. The average Bonchev–Trinajstić information content (AvgIpc) is 3.60. The molecular formula is C28H30F4N6O. The zero-order valence-corrected chi connectivity index (χ0v) is 21.5. The van der Waals surface area contributed by atoms with Gasteiger partial charge in [0, 0.05) is 36.9 Å². The van der Waals surface area contributed by atoms with Crippen LogP contribution < -0.4 is 15.0 Å². The predicted octanol–water partition coefficient (Wildman–Crippen LogP) is 4.80. The molecule has 6 heterocycles. The van der Waals surface area contributed by atoms with Crippen LogP contribution in [0.4, 0.5) is 23.4 Å². The van der Waals surface area contributed by atoms with Gasteiger partial charge in [-0.1, -0.05) is 18.2 Å². The molecule has 0 aliphatic carbocycles. The second kappa shape index (κ2) is 9.26. The molecule has 2 aromatic heterocycles. The molecule has 39 heavy (non-hydrogen) atoms. The number of piperazine rings is 1. The second-order valence-electron chi connectivity index (χ2n) is 11.3. The van der Waals surface area contributed by atoms with Gasteiger partial charge in [-0.3, -0.25) is 9.88 Å². The SMILES string of the molecule is Fc1c(-c2ccccc2C(F)(F)F)ncc2c(N3CC4CCC(C3)N4)nc(OCC34CCCN3CCC4)nc12. The average molecular weight is 543 g/mol. The number of nitrogens with zero attached hydrogens (tertiary/aromatic N) is 5. The Morgan fingerprint density at radius 3 is 2.46 bits per heavy atom. The molecule has 0 amide bonds. The van der Waals surface area contributed by atoms with Crippen molar-refractivity contribution < 1.29 is 22.3 Å². The molecule has 11 heteroatoms. The largest absolute Gasteiger partial charge is 0.461 e. The van der Waals surface area contributed by atoms with Gasteiger partial charge in [-0.2, -0.15) is 23.1 Å². The van der Waals surface area contributed by atoms with Crippen molar-refractivity contribution in [3.63, 3.8) is 0 Å². The molecule has 4 aliphatic rings. The standard InChI is InChI=1S/C28H30F4N6O/c29-22-23(19-5-1-2-6-21(19)28(30,31)32)33-13-20-24(22)35-26(39-16-27-9-3-11-38(27)12-4-10-27)36-25(20)37-14-17-7-8-18(15-37)34-17/h1-2,5-6,13,17-18,34H,3-4,7-12,14-16H2. The summed E-state index contributed by atoms with van der Waals surface area (Å²) in [6.07, 6.45) is 3.14. The van der Waals surface area contributed by atoms with Crippen LogP contribution in [0.5, 0.6) is 6.01 Å². The minimum atomic E-state index is -4.65. The van der Waals surface area contributed by atoms with E-state index in [1.165, 1.54) is 24.4 Å². The molecule has 2 bridgehead atoms. The van der Waals surface area contributed by atoms with E-state index >= 15 is 4.39 Å². The number of benzene rings is 1. The van der Waals surface area contributed by atoms with E-state index in [1.54, 1.807) is 0 Å². The van der Waals surface area contributed by atoms with E-state index < -0.39 is 17.6 Å². The highest BCUT2D eigenvalue weighted by Crippen LogP contribution is 2.41. The quantitative estimate of drug-likeness (QED) is 0.465. The molecule has 2 unspecified atom stereocenters. The van der Waals surface area contributed by atoms with Crippen molar-refractivity contribution >= 4 is 16.7 Å². The Morgan fingerprint density at radius 1 is 1.03 bits per heavy atom. The Morgan fingerprint density at radius 2 is 1.74 bits per heavy atom. The van der Waals surface area contributed by atoms with Gasteiger partial charge in [0.2, 0.25) is 0 Å². The van der Waals surface area contributed by atoms with Crippen LogP contribution >= 0.6 is 0 Å². The van der Waals surface area contributed by atoms with Crippen molar-refractivity contribution in [1.29, 1.82) is 0 Å². The van der Waals surface area contributed by atoms with E-state index in [1.807, 2.05) is 0 Å². The first kappa shape index (κ1) is 25.0. The summed E-state index contributed by atoms with van der Waals surface area (Å²) in [5, 5.41) is 3.95. The summed E-state index contributed by atoms with van der Waals surface area (Å²) in [5.74, 6) is -0.389. The second-order valence-corrected chi connectivity index (χ2v) is 11.3. The number of hydrogen-bond donors (Lipinski definition) is 1. The van der Waals surface area contributed by atoms with Crippen LogP contribution in [0.1, 0.15) is 44.1 Å². The first-order valence-corrected chi connectivity index (χ1v) is 13.7. The summed E-state index contributed by atoms with van der Waals surface area (Å²) in [6.45, 7) is 3.87. The zero-order valence-electron chi connectivity index (χ0n) is 21.5. The minimum Gasteiger partial charge on any atom is -0.461 e. The van der Waals surface area contributed by atoms with Crippen molar-refractivity contribution in [3.8, 4) is 17.3 Å². The van der Waals surface area contributed by atoms with Crippen LogP contribution in [0.2, 0.25) is 0 Å². The van der Waals surface area contributed by atoms with Crippen LogP contribution in [0, 0.1) is 5.82 Å². The van der Waals surface area contributed by atoms with Gasteiger partial charge in [-0.05, 0) is 57.7 Å². The lowest BCUT2D eigenvalue weighted by Gasteiger charge is -2.34. The number of halogens is 4. The summed E-state index contributed by atoms with van der Waals surface area (Å²) in [5.41, 5.74) is -1.78. The Kier molecular flexibility index (Phi) is 5.93. The first-order valence-electron chi connectivity index (χ1n) is 13.7. The van der Waals surface area contributed by atoms with Crippen LogP contribution in [-0.2, 0) is 6.18 Å². The van der Waals surface area contributed by atoms with Crippen LogP contribution in [-0.4, -0.2) is 70.3 Å². The lowest BCUT2D eigenvalue weighted by molar-refractivity contribution is -0.137. The fourth-order valence-corrected chi connectivity index (χ4v) is 7.08. The monoisotopic (exact) mass is 542 g/mol. The van der Waals surface area contributed by atoms with E-state index in [2.05, 4.69) is 25.1 Å². The summed E-state index contributed by atoms with van der Waals surface area (Å²) < 4.78 is 63.7. The lowest BCUT2D eigenvalue weighted by Crippen LogP contribution is -2.51. The molecule has 7 rings (SSSR count). The van der Waals surface area contributed by atoms with Gasteiger partial charge in [0.15, 0.2) is 5.82 Å². The van der Waals surface area contributed by atoms with Crippen molar-refractivity contribution in [2.75, 3.05) is 37.7 Å². The molecular weight excluding hydrogens is 512 g/mol. The maximum absolute atomic E-state index is 16.2. The molecule has 2 atom stereocenters. The first-order chi connectivity index (χ1) is 18.8. The Balaban J connectivity index is 1.33. The molecule has 0 spiro atoms. The number of rotatable bonds is 5. The van der Waals surface area contributed by atoms with E-state index in [0.29, 0.717) is 43.0 Å². The number of anilines is 1. The molecule has 4 fully saturated rings. The number of pyridine rings is 1. The topological polar surface area (TPSA) is 66.4 Å². The normalized spacial score (nSPS) is 24.5. The smallest absolute Gasteiger partial charge is 0.417 e. The van der Waals surface area contributed by atoms with Gasteiger partial charge in [0.05, 0.1) is 16.5 Å². The third-order valence-electron chi connectivity index (χ3n) is 8.93. The summed E-state index contributed by atoms with van der Waals surface area (Å²) in [6, 6.07) is 5.56. The molecule has 206 valence electrons. The number of ether oxygens (including phenoxy) is 1. The molecule has 1 aromatic carbocycles. The van der Waals surface area contributed by atoms with Crippen molar-refractivity contribution in [2.45, 2.75) is 62.3 Å². The molecule has 1 N–H and O–H groups in total. The van der Waals surface area contributed by atoms with Gasteiger partial charge in [-0.25, -0.2) is 4.39 Å². The molecule has 7 nitrogen and oxygen atoms in total. The van der Waals surface area contributed by atoms with Crippen molar-refractivity contribution in [1.82, 2.24) is 25.2 Å². The van der Waals surface area contributed by atoms with Crippen LogP contribution in [0.3, 0.4) is 0 Å². The number of hydrogen-bond acceptors (Lipinski definition) is 7. The van der Waals surface area contributed by atoms with Gasteiger partial charge < -0.3 is 15.0 Å². The van der Waals surface area contributed by atoms with E-state index in [-0.39, 0.29) is 28.3 Å². The van der Waals surface area contributed by atoms with Crippen LogP contribution in [0.25, 0.3) is 22.2 Å². The third kappa shape index (κ3) is 4.30. The Hall–Kier alpha value is -3.05. The molecule has 0 radical (unpaired) electrons. The van der Waals surface area contributed by atoms with Crippen LogP contribution in [0.15, 0.2) is 30.5 Å². The van der Waals surface area contributed by atoms with Gasteiger partial charge >= 0.3 is 12.2 Å². The molecule has 4 aliphatic heterocycles. The fourth-order valence-electron chi connectivity index (χ4n) is 7.08. The number of nitrogens with one attached hydrogen (secondary N) is 1. The maximum Gasteiger partial charge on any atom is 0.417 e. The minimum absolute atomic E-state index is 0.0525. The molecule has 0 saturated carbocycles. The van der Waals surface area contributed by atoms with Gasteiger partial charge in [-0.15, -0.1) is 0 Å². The highest BCUT2D eigenvalue weighted by atomic mass is 19.4. The Bertz CT molecular complexity index is 1390. The summed E-state index contributed by atoms with van der Waals surface area (Å²) >= 11 is 0. The highest BCUT2D eigenvalue weighted by Gasteiger charge is 2.45. The van der Waals surface area contributed by atoms with E-state index in [0.717, 1.165) is 57.7 Å². The van der Waals surface area contributed by atoms with E-state index in [9.17, 15) is 13.2 Å². The number of aromatic nitrogens is 3. The maximum atomic E-state index is 16.2. The number of fused-ring (bicyclic) bond motifs is 4. The Labute approximate surface area is 223 Å². The summed E-state index contributed by atoms with van der Waals surface area (Å²) in [7, 11) is 0. The van der Waals surface area contributed by atoms with Gasteiger partial charge in [0.25, 0.3) is 0 Å². The highest BCUT2D eigenvalue weighted by molar-refractivity contribution is 5.92. The molecule has 3 aromatic rings. The molecule has 4 saturated heterocycles. The zero-order chi connectivity index (χ0) is 26.8. The lowest BCUT2D eigenvalue weighted by atomic mass is 9.95. The predicted molar refractivity (Wildman–Crippen MR) is 138 cm³/mol. The van der Waals surface area contributed by atoms with E-state index in [4.69, 9.17) is 9.72 Å². The third-order valence-corrected chi connectivity index (χ3v) is 8.93. The van der Waals surface area contributed by atoms with Gasteiger partial charge in [0.1, 0.15) is 23.6 Å². The van der Waals surface area contributed by atoms with Crippen molar-refractivity contribution in [3.05, 3.63) is 41.8 Å². The van der Waals surface area contributed by atoms with Crippen molar-refractivity contribution in [2.24, 2.45) is 0 Å².